The third-order valence-corrected chi connectivity index (χ3v) is 3.83. The van der Waals surface area contributed by atoms with Crippen molar-refractivity contribution in [1.82, 2.24) is 19.9 Å². The van der Waals surface area contributed by atoms with Crippen molar-refractivity contribution in [3.8, 4) is 0 Å². The molecule has 0 spiro atoms. The lowest BCUT2D eigenvalue weighted by molar-refractivity contribution is 0.0953. The molecule has 1 aliphatic rings. The van der Waals surface area contributed by atoms with Gasteiger partial charge >= 0.3 is 0 Å². The lowest BCUT2D eigenvalue weighted by Crippen LogP contribution is -2.26. The van der Waals surface area contributed by atoms with Gasteiger partial charge in [-0.1, -0.05) is 0 Å². The molecule has 0 aromatic carbocycles. The summed E-state index contributed by atoms with van der Waals surface area (Å²) < 4.78 is 2.29. The maximum absolute atomic E-state index is 11.9. The third-order valence-electron chi connectivity index (χ3n) is 3.83. The van der Waals surface area contributed by atoms with Crippen LogP contribution >= 0.6 is 0 Å². The van der Waals surface area contributed by atoms with Crippen molar-refractivity contribution in [2.24, 2.45) is 5.92 Å². The minimum absolute atomic E-state index is 0.0832. The Kier molecular flexibility index (Phi) is 3.99. The summed E-state index contributed by atoms with van der Waals surface area (Å²) in [5.41, 5.74) is 1.80. The van der Waals surface area contributed by atoms with E-state index >= 15 is 0 Å². The first-order valence-electron chi connectivity index (χ1n) is 7.43. The summed E-state index contributed by atoms with van der Waals surface area (Å²) >= 11 is 0. The Morgan fingerprint density at radius 3 is 3.00 bits per heavy atom. The second-order valence-corrected chi connectivity index (χ2v) is 5.62. The lowest BCUT2D eigenvalue weighted by Gasteiger charge is -2.10. The van der Waals surface area contributed by atoms with E-state index < -0.39 is 0 Å². The van der Waals surface area contributed by atoms with Gasteiger partial charge in [-0.3, -0.25) is 9.78 Å². The van der Waals surface area contributed by atoms with Crippen LogP contribution in [0.15, 0.2) is 30.7 Å². The summed E-state index contributed by atoms with van der Waals surface area (Å²) in [4.78, 5) is 20.4. The average Bonchev–Trinajstić information content (AvgIpc) is 3.27. The summed E-state index contributed by atoms with van der Waals surface area (Å²) in [6, 6.07) is 3.53. The first-order valence-corrected chi connectivity index (χ1v) is 7.43. The predicted octanol–water partition coefficient (Wildman–Crippen LogP) is 1.97. The molecular formula is C16H20N4O. The summed E-state index contributed by atoms with van der Waals surface area (Å²) in [6.07, 6.45) is 8.57. The molecule has 0 radical (unpaired) electrons. The van der Waals surface area contributed by atoms with Crippen LogP contribution in [0.2, 0.25) is 0 Å². The zero-order chi connectivity index (χ0) is 14.7. The van der Waals surface area contributed by atoms with Gasteiger partial charge in [-0.15, -0.1) is 0 Å². The Balaban J connectivity index is 1.54. The molecule has 21 heavy (non-hydrogen) atoms. The number of aryl methyl sites for hydroxylation is 1. The van der Waals surface area contributed by atoms with Crippen LogP contribution in [-0.4, -0.2) is 27.0 Å². The van der Waals surface area contributed by atoms with E-state index in [1.807, 2.05) is 6.20 Å². The zero-order valence-electron chi connectivity index (χ0n) is 12.2. The molecule has 1 amide bonds. The van der Waals surface area contributed by atoms with E-state index in [9.17, 15) is 4.79 Å². The van der Waals surface area contributed by atoms with Crippen molar-refractivity contribution in [2.45, 2.75) is 32.7 Å². The molecule has 3 rings (SSSR count). The highest BCUT2D eigenvalue weighted by atomic mass is 16.1. The molecule has 2 aromatic rings. The molecule has 0 unspecified atom stereocenters. The average molecular weight is 284 g/mol. The second-order valence-electron chi connectivity index (χ2n) is 5.62. The van der Waals surface area contributed by atoms with Gasteiger partial charge < -0.3 is 9.88 Å². The zero-order valence-corrected chi connectivity index (χ0v) is 12.2. The molecular weight excluding hydrogens is 264 g/mol. The summed E-state index contributed by atoms with van der Waals surface area (Å²) in [5, 5.41) is 2.92. The molecule has 0 atom stereocenters. The molecule has 2 aromatic heterocycles. The predicted molar refractivity (Wildman–Crippen MR) is 80.0 cm³/mol. The molecule has 1 N–H and O–H groups in total. The molecule has 2 heterocycles. The summed E-state index contributed by atoms with van der Waals surface area (Å²) in [6.45, 7) is 3.75. The molecule has 5 heteroatoms. The second kappa shape index (κ2) is 6.08. The molecule has 0 saturated heterocycles. The quantitative estimate of drug-likeness (QED) is 0.882. The first-order chi connectivity index (χ1) is 10.2. The number of nitrogens with zero attached hydrogens (tertiary/aromatic N) is 3. The standard InChI is InChI=1S/C16H20N4O/c1-12-9-19-15(20(12)11-13-4-5-13)6-8-18-16(21)14-3-2-7-17-10-14/h2-3,7,9-10,13H,4-6,8,11H2,1H3,(H,18,21). The number of rotatable bonds is 6. The van der Waals surface area contributed by atoms with Gasteiger partial charge in [-0.05, 0) is 37.8 Å². The molecule has 1 fully saturated rings. The number of nitrogens with one attached hydrogen (secondary N) is 1. The number of carbonyl (C=O) groups excluding carboxylic acids is 1. The van der Waals surface area contributed by atoms with Crippen LogP contribution in [-0.2, 0) is 13.0 Å². The number of carbonyl (C=O) groups is 1. The molecule has 110 valence electrons. The van der Waals surface area contributed by atoms with E-state index in [-0.39, 0.29) is 5.91 Å². The van der Waals surface area contributed by atoms with Crippen LogP contribution in [0.5, 0.6) is 0 Å². The Hall–Kier alpha value is -2.17. The Labute approximate surface area is 124 Å². The number of imidazole rings is 1. The van der Waals surface area contributed by atoms with Crippen LogP contribution in [0.3, 0.4) is 0 Å². The molecule has 0 bridgehead atoms. The number of hydrogen-bond acceptors (Lipinski definition) is 3. The van der Waals surface area contributed by atoms with Crippen LogP contribution in [0, 0.1) is 12.8 Å². The van der Waals surface area contributed by atoms with E-state index in [4.69, 9.17) is 0 Å². The van der Waals surface area contributed by atoms with Crippen LogP contribution in [0.25, 0.3) is 0 Å². The van der Waals surface area contributed by atoms with Crippen molar-refractivity contribution >= 4 is 5.91 Å². The monoisotopic (exact) mass is 284 g/mol. The maximum atomic E-state index is 11.9. The number of pyridine rings is 1. The van der Waals surface area contributed by atoms with Crippen molar-refractivity contribution in [3.63, 3.8) is 0 Å². The van der Waals surface area contributed by atoms with E-state index in [1.165, 1.54) is 18.5 Å². The van der Waals surface area contributed by atoms with Crippen molar-refractivity contribution < 1.29 is 4.79 Å². The van der Waals surface area contributed by atoms with E-state index in [0.717, 1.165) is 24.7 Å². The fraction of sp³-hybridized carbons (Fsp3) is 0.438. The van der Waals surface area contributed by atoms with Crippen molar-refractivity contribution in [1.29, 1.82) is 0 Å². The minimum Gasteiger partial charge on any atom is -0.352 e. The van der Waals surface area contributed by atoms with Crippen molar-refractivity contribution in [3.05, 3.63) is 47.8 Å². The molecule has 5 nitrogen and oxygen atoms in total. The van der Waals surface area contributed by atoms with Crippen LogP contribution in [0.4, 0.5) is 0 Å². The summed E-state index contributed by atoms with van der Waals surface area (Å²) in [5.74, 6) is 1.80. The minimum atomic E-state index is -0.0832. The van der Waals surface area contributed by atoms with Gasteiger partial charge in [0, 0.05) is 43.8 Å². The highest BCUT2D eigenvalue weighted by Gasteiger charge is 2.23. The highest BCUT2D eigenvalue weighted by molar-refractivity contribution is 5.93. The Morgan fingerprint density at radius 2 is 2.29 bits per heavy atom. The smallest absolute Gasteiger partial charge is 0.252 e. The van der Waals surface area contributed by atoms with E-state index in [2.05, 4.69) is 26.8 Å². The first kappa shape index (κ1) is 13.8. The molecule has 1 saturated carbocycles. The van der Waals surface area contributed by atoms with Gasteiger partial charge in [0.2, 0.25) is 0 Å². The topological polar surface area (TPSA) is 59.8 Å². The fourth-order valence-electron chi connectivity index (χ4n) is 2.41. The van der Waals surface area contributed by atoms with Gasteiger partial charge in [-0.25, -0.2) is 4.98 Å². The molecule has 1 aliphatic carbocycles. The van der Waals surface area contributed by atoms with Crippen molar-refractivity contribution in [2.75, 3.05) is 6.54 Å². The van der Waals surface area contributed by atoms with Gasteiger partial charge in [0.25, 0.3) is 5.91 Å². The lowest BCUT2D eigenvalue weighted by atomic mass is 10.2. The number of amides is 1. The normalized spacial score (nSPS) is 14.1. The van der Waals surface area contributed by atoms with Crippen LogP contribution < -0.4 is 5.32 Å². The van der Waals surface area contributed by atoms with Gasteiger partial charge in [0.05, 0.1) is 5.56 Å². The van der Waals surface area contributed by atoms with Gasteiger partial charge in [0.15, 0.2) is 0 Å². The Morgan fingerprint density at radius 1 is 1.43 bits per heavy atom. The van der Waals surface area contributed by atoms with E-state index in [1.54, 1.807) is 24.5 Å². The number of aromatic nitrogens is 3. The summed E-state index contributed by atoms with van der Waals surface area (Å²) in [7, 11) is 0. The Bertz CT molecular complexity index is 616. The van der Waals surface area contributed by atoms with Gasteiger partial charge in [-0.2, -0.15) is 0 Å². The van der Waals surface area contributed by atoms with Gasteiger partial charge in [0.1, 0.15) is 5.82 Å². The maximum Gasteiger partial charge on any atom is 0.252 e. The highest BCUT2D eigenvalue weighted by Crippen LogP contribution is 2.31. The third kappa shape index (κ3) is 3.48. The molecule has 0 aliphatic heterocycles. The number of hydrogen-bond donors (Lipinski definition) is 1. The SMILES string of the molecule is Cc1cnc(CCNC(=O)c2cccnc2)n1CC1CC1. The van der Waals surface area contributed by atoms with Crippen LogP contribution in [0.1, 0.15) is 34.7 Å². The fourth-order valence-corrected chi connectivity index (χ4v) is 2.41. The largest absolute Gasteiger partial charge is 0.352 e. The van der Waals surface area contributed by atoms with E-state index in [0.29, 0.717) is 12.1 Å².